The average Bonchev–Trinajstić information content (AvgIpc) is 2.82. The van der Waals surface area contributed by atoms with Crippen LogP contribution in [-0.4, -0.2) is 36.9 Å². The number of ketones is 1. The van der Waals surface area contributed by atoms with E-state index in [-0.39, 0.29) is 5.78 Å². The van der Waals surface area contributed by atoms with Gasteiger partial charge in [0.1, 0.15) is 0 Å². The number of anilines is 2. The summed E-state index contributed by atoms with van der Waals surface area (Å²) in [5.74, 6) is 0.0403. The minimum absolute atomic E-state index is 0.0403. The van der Waals surface area contributed by atoms with E-state index in [0.29, 0.717) is 16.6 Å². The zero-order chi connectivity index (χ0) is 12.4. The molecule has 1 aromatic heterocycles. The lowest BCUT2D eigenvalue weighted by Gasteiger charge is -2.19. The summed E-state index contributed by atoms with van der Waals surface area (Å²) in [4.78, 5) is 14.3. The fourth-order valence-corrected chi connectivity index (χ4v) is 3.10. The quantitative estimate of drug-likeness (QED) is 0.806. The zero-order valence-electron chi connectivity index (χ0n) is 10.3. The number of rotatable bonds is 4. The van der Waals surface area contributed by atoms with E-state index in [0.717, 1.165) is 11.5 Å². The molecule has 94 valence electrons. The number of hydrogen-bond acceptors (Lipinski definition) is 5. The SMILES string of the molecule is CC(=O)c1sc(NCC2CCCN2C)cc1N. The second-order valence-electron chi connectivity index (χ2n) is 4.61. The highest BCUT2D eigenvalue weighted by Gasteiger charge is 2.20. The molecule has 1 aromatic rings. The van der Waals surface area contributed by atoms with Crippen LogP contribution in [0.2, 0.25) is 0 Å². The molecule has 2 rings (SSSR count). The van der Waals surface area contributed by atoms with Gasteiger partial charge >= 0.3 is 0 Å². The lowest BCUT2D eigenvalue weighted by Crippen LogP contribution is -2.31. The van der Waals surface area contributed by atoms with Gasteiger partial charge in [-0.3, -0.25) is 4.79 Å². The van der Waals surface area contributed by atoms with Gasteiger partial charge in [0, 0.05) is 19.5 Å². The van der Waals surface area contributed by atoms with E-state index in [1.165, 1.54) is 30.7 Å². The Morgan fingerprint density at radius 3 is 3.00 bits per heavy atom. The molecule has 2 heterocycles. The maximum absolute atomic E-state index is 11.3. The van der Waals surface area contributed by atoms with E-state index in [1.54, 1.807) is 6.92 Å². The molecule has 0 bridgehead atoms. The second-order valence-corrected chi connectivity index (χ2v) is 5.66. The third-order valence-electron chi connectivity index (χ3n) is 3.26. The number of thiophene rings is 1. The minimum atomic E-state index is 0.0403. The molecule has 3 N–H and O–H groups in total. The normalized spacial score (nSPS) is 20.7. The fourth-order valence-electron chi connectivity index (χ4n) is 2.22. The Labute approximate surface area is 106 Å². The van der Waals surface area contributed by atoms with Gasteiger partial charge < -0.3 is 16.0 Å². The van der Waals surface area contributed by atoms with Crippen LogP contribution in [0.25, 0.3) is 0 Å². The molecule has 1 fully saturated rings. The molecule has 5 heteroatoms. The van der Waals surface area contributed by atoms with Gasteiger partial charge in [-0.1, -0.05) is 0 Å². The van der Waals surface area contributed by atoms with Crippen molar-refractivity contribution in [2.24, 2.45) is 0 Å². The van der Waals surface area contributed by atoms with Gasteiger partial charge in [-0.15, -0.1) is 11.3 Å². The molecular formula is C12H19N3OS. The maximum Gasteiger partial charge on any atom is 0.171 e. The fraction of sp³-hybridized carbons (Fsp3) is 0.583. The molecule has 1 aliphatic rings. The number of nitrogens with zero attached hydrogens (tertiary/aromatic N) is 1. The Morgan fingerprint density at radius 1 is 1.71 bits per heavy atom. The molecule has 1 atom stereocenters. The third-order valence-corrected chi connectivity index (χ3v) is 4.47. The Hall–Kier alpha value is -1.07. The Bertz CT molecular complexity index is 416. The van der Waals surface area contributed by atoms with Gasteiger partial charge in [-0.05, 0) is 32.5 Å². The van der Waals surface area contributed by atoms with E-state index >= 15 is 0 Å². The summed E-state index contributed by atoms with van der Waals surface area (Å²) < 4.78 is 0. The number of nitrogen functional groups attached to an aromatic ring is 1. The van der Waals surface area contributed by atoms with Crippen molar-refractivity contribution >= 4 is 27.8 Å². The maximum atomic E-state index is 11.3. The van der Waals surface area contributed by atoms with Crippen molar-refractivity contribution in [2.45, 2.75) is 25.8 Å². The van der Waals surface area contributed by atoms with Crippen molar-refractivity contribution in [3.05, 3.63) is 10.9 Å². The lowest BCUT2D eigenvalue weighted by atomic mass is 10.2. The zero-order valence-corrected chi connectivity index (χ0v) is 11.1. The Balaban J connectivity index is 1.95. The number of carbonyl (C=O) groups is 1. The number of nitrogens with two attached hydrogens (primary N) is 1. The molecule has 0 radical (unpaired) electrons. The van der Waals surface area contributed by atoms with Crippen LogP contribution >= 0.6 is 11.3 Å². The molecule has 0 aromatic carbocycles. The summed E-state index contributed by atoms with van der Waals surface area (Å²) >= 11 is 1.45. The molecule has 1 aliphatic heterocycles. The van der Waals surface area contributed by atoms with Crippen molar-refractivity contribution < 1.29 is 4.79 Å². The van der Waals surface area contributed by atoms with E-state index in [4.69, 9.17) is 5.73 Å². The molecule has 1 unspecified atom stereocenters. The number of likely N-dealkylation sites (N-methyl/N-ethyl adjacent to an activating group) is 1. The summed E-state index contributed by atoms with van der Waals surface area (Å²) in [5, 5.41) is 4.37. The van der Waals surface area contributed by atoms with Crippen molar-refractivity contribution in [3.63, 3.8) is 0 Å². The lowest BCUT2D eigenvalue weighted by molar-refractivity contribution is 0.102. The van der Waals surface area contributed by atoms with Crippen molar-refractivity contribution in [1.82, 2.24) is 4.90 Å². The van der Waals surface area contributed by atoms with Crippen LogP contribution in [-0.2, 0) is 0 Å². The largest absolute Gasteiger partial charge is 0.397 e. The summed E-state index contributed by atoms with van der Waals surface area (Å²) in [7, 11) is 2.16. The van der Waals surface area contributed by atoms with E-state index in [9.17, 15) is 4.79 Å². The molecule has 0 saturated carbocycles. The van der Waals surface area contributed by atoms with Crippen molar-refractivity contribution in [1.29, 1.82) is 0 Å². The summed E-state index contributed by atoms with van der Waals surface area (Å²) in [5.41, 5.74) is 6.38. The van der Waals surface area contributed by atoms with Crippen LogP contribution in [0.15, 0.2) is 6.07 Å². The van der Waals surface area contributed by atoms with Gasteiger partial charge in [-0.25, -0.2) is 0 Å². The number of hydrogen-bond donors (Lipinski definition) is 2. The minimum Gasteiger partial charge on any atom is -0.397 e. The number of carbonyl (C=O) groups excluding carboxylic acids is 1. The third kappa shape index (κ3) is 2.79. The van der Waals surface area contributed by atoms with Crippen LogP contribution in [0.3, 0.4) is 0 Å². The monoisotopic (exact) mass is 253 g/mol. The summed E-state index contributed by atoms with van der Waals surface area (Å²) in [6.45, 7) is 3.65. The van der Waals surface area contributed by atoms with Crippen LogP contribution in [0, 0.1) is 0 Å². The molecule has 0 amide bonds. The predicted octanol–water partition coefficient (Wildman–Crippen LogP) is 2.04. The number of Topliss-reactive ketones (excluding diaryl/α,β-unsaturated/α-hetero) is 1. The smallest absolute Gasteiger partial charge is 0.171 e. The van der Waals surface area contributed by atoms with Crippen LogP contribution in [0.1, 0.15) is 29.4 Å². The summed E-state index contributed by atoms with van der Waals surface area (Å²) in [6, 6.07) is 2.45. The highest BCUT2D eigenvalue weighted by molar-refractivity contribution is 7.18. The first-order chi connectivity index (χ1) is 8.08. The number of likely N-dealkylation sites (tertiary alicyclic amines) is 1. The topological polar surface area (TPSA) is 58.4 Å². The summed E-state index contributed by atoms with van der Waals surface area (Å²) in [6.07, 6.45) is 2.51. The Morgan fingerprint density at radius 2 is 2.47 bits per heavy atom. The second kappa shape index (κ2) is 5.06. The highest BCUT2D eigenvalue weighted by atomic mass is 32.1. The first-order valence-corrected chi connectivity index (χ1v) is 6.74. The predicted molar refractivity (Wildman–Crippen MR) is 72.9 cm³/mol. The van der Waals surface area contributed by atoms with Gasteiger partial charge in [0.2, 0.25) is 0 Å². The van der Waals surface area contributed by atoms with Gasteiger partial charge in [0.25, 0.3) is 0 Å². The first-order valence-electron chi connectivity index (χ1n) is 5.92. The standard InChI is InChI=1S/C12H19N3OS/c1-8(16)12-10(13)6-11(17-12)14-7-9-4-3-5-15(9)2/h6,9,14H,3-5,7,13H2,1-2H3. The molecule has 0 aliphatic carbocycles. The van der Waals surface area contributed by atoms with E-state index in [1.807, 2.05) is 6.07 Å². The average molecular weight is 253 g/mol. The van der Waals surface area contributed by atoms with E-state index < -0.39 is 0 Å². The first kappa shape index (κ1) is 12.4. The number of nitrogens with one attached hydrogen (secondary N) is 1. The van der Waals surface area contributed by atoms with Crippen molar-refractivity contribution in [2.75, 3.05) is 31.2 Å². The molecule has 17 heavy (non-hydrogen) atoms. The molecule has 0 spiro atoms. The van der Waals surface area contributed by atoms with E-state index in [2.05, 4.69) is 17.3 Å². The molecule has 4 nitrogen and oxygen atoms in total. The molecular weight excluding hydrogens is 234 g/mol. The van der Waals surface area contributed by atoms with Crippen molar-refractivity contribution in [3.8, 4) is 0 Å². The van der Waals surface area contributed by atoms with Crippen LogP contribution in [0.5, 0.6) is 0 Å². The van der Waals surface area contributed by atoms with Crippen LogP contribution in [0.4, 0.5) is 10.7 Å². The van der Waals surface area contributed by atoms with Gasteiger partial charge in [0.05, 0.1) is 15.6 Å². The Kier molecular flexibility index (Phi) is 3.69. The van der Waals surface area contributed by atoms with Gasteiger partial charge in [0.15, 0.2) is 5.78 Å². The highest BCUT2D eigenvalue weighted by Crippen LogP contribution is 2.29. The van der Waals surface area contributed by atoms with Gasteiger partial charge in [-0.2, -0.15) is 0 Å². The van der Waals surface area contributed by atoms with Crippen LogP contribution < -0.4 is 11.1 Å². The molecule has 1 saturated heterocycles.